The first kappa shape index (κ1) is 20.3. The molecule has 0 fully saturated rings. The van der Waals surface area contributed by atoms with Crippen molar-refractivity contribution in [3.8, 4) is 5.75 Å². The van der Waals surface area contributed by atoms with Crippen LogP contribution in [0.3, 0.4) is 0 Å². The van der Waals surface area contributed by atoms with Crippen LogP contribution < -0.4 is 15.2 Å². The number of rotatable bonds is 3. The minimum absolute atomic E-state index is 0.0605. The molecule has 2 heterocycles. The lowest BCUT2D eigenvalue weighted by Gasteiger charge is -2.22. The van der Waals surface area contributed by atoms with Gasteiger partial charge in [-0.05, 0) is 11.6 Å². The molecule has 0 spiro atoms. The summed E-state index contributed by atoms with van der Waals surface area (Å²) in [5.41, 5.74) is -0.0271. The summed E-state index contributed by atoms with van der Waals surface area (Å²) >= 11 is 1.08. The third kappa shape index (κ3) is 3.54. The zero-order chi connectivity index (χ0) is 21.6. The van der Waals surface area contributed by atoms with Gasteiger partial charge in [0.1, 0.15) is 5.75 Å². The summed E-state index contributed by atoms with van der Waals surface area (Å²) in [6.07, 6.45) is -4.70. The quantitative estimate of drug-likeness (QED) is 0.566. The molecule has 0 N–H and O–H groups in total. The van der Waals surface area contributed by atoms with E-state index in [1.807, 2.05) is 35.2 Å². The summed E-state index contributed by atoms with van der Waals surface area (Å²) in [4.78, 5) is 25.7. The number of hydrogen-bond acceptors (Lipinski definition) is 5. The van der Waals surface area contributed by atoms with Crippen LogP contribution in [0.15, 0.2) is 52.2 Å². The molecule has 30 heavy (non-hydrogen) atoms. The molecule has 0 unspecified atom stereocenters. The number of hydrogen-bond donors (Lipinski definition) is 0. The van der Waals surface area contributed by atoms with Gasteiger partial charge in [0.15, 0.2) is 0 Å². The summed E-state index contributed by atoms with van der Waals surface area (Å²) < 4.78 is 48.8. The van der Waals surface area contributed by atoms with Gasteiger partial charge < -0.3 is 14.2 Å². The van der Waals surface area contributed by atoms with E-state index in [0.29, 0.717) is 18.1 Å². The van der Waals surface area contributed by atoms with E-state index in [9.17, 15) is 22.8 Å². The Labute approximate surface area is 174 Å². The summed E-state index contributed by atoms with van der Waals surface area (Å²) in [7, 11) is 1.40. The van der Waals surface area contributed by atoms with E-state index in [4.69, 9.17) is 4.74 Å². The van der Waals surface area contributed by atoms with Gasteiger partial charge in [-0.1, -0.05) is 30.3 Å². The first-order valence-corrected chi connectivity index (χ1v) is 10.0. The van der Waals surface area contributed by atoms with Crippen molar-refractivity contribution in [2.45, 2.75) is 24.5 Å². The lowest BCUT2D eigenvalue weighted by molar-refractivity contribution is -0.139. The first-order valence-electron chi connectivity index (χ1n) is 9.05. The molecule has 4 rings (SSSR count). The van der Waals surface area contributed by atoms with Gasteiger partial charge in [-0.15, -0.1) is 11.8 Å². The fourth-order valence-corrected chi connectivity index (χ4v) is 4.80. The highest BCUT2D eigenvalue weighted by molar-refractivity contribution is 8.00. The predicted octanol–water partition coefficient (Wildman–Crippen LogP) is 4.55. The highest BCUT2D eigenvalue weighted by Crippen LogP contribution is 2.51. The number of pyridine rings is 1. The Hall–Kier alpha value is -2.94. The van der Waals surface area contributed by atoms with Gasteiger partial charge in [-0.2, -0.15) is 13.2 Å². The molecular formula is C21H17F3N2O3S. The fraction of sp³-hybridized carbons (Fsp3) is 0.238. The molecule has 1 aliphatic rings. The number of carbonyl (C=O) groups is 1. The van der Waals surface area contributed by atoms with Crippen LogP contribution in [0.4, 0.5) is 18.9 Å². The number of ether oxygens (including phenoxy) is 1. The van der Waals surface area contributed by atoms with Crippen LogP contribution in [0.5, 0.6) is 5.75 Å². The number of aryl methyl sites for hydroxylation is 1. The molecule has 0 aliphatic carbocycles. The number of aromatic nitrogens is 1. The van der Waals surface area contributed by atoms with Gasteiger partial charge in [0, 0.05) is 31.5 Å². The van der Waals surface area contributed by atoms with Crippen molar-refractivity contribution in [2.24, 2.45) is 7.05 Å². The van der Waals surface area contributed by atoms with Crippen LogP contribution in [0.25, 0.3) is 10.9 Å². The number of thioether (sulfide) groups is 1. The molecule has 2 aromatic carbocycles. The maximum atomic E-state index is 14.2. The normalized spacial score (nSPS) is 13.6. The number of halogens is 3. The van der Waals surface area contributed by atoms with Gasteiger partial charge in [-0.25, -0.2) is 0 Å². The molecule has 0 bridgehead atoms. The van der Waals surface area contributed by atoms with E-state index in [2.05, 4.69) is 0 Å². The number of benzene rings is 2. The Morgan fingerprint density at radius 2 is 1.90 bits per heavy atom. The van der Waals surface area contributed by atoms with Crippen molar-refractivity contribution < 1.29 is 22.7 Å². The van der Waals surface area contributed by atoms with Crippen LogP contribution in [-0.2, 0) is 24.6 Å². The third-order valence-electron chi connectivity index (χ3n) is 4.89. The van der Waals surface area contributed by atoms with Gasteiger partial charge in [0.25, 0.3) is 5.56 Å². The molecule has 0 amide bonds. The largest absolute Gasteiger partial charge is 0.426 e. The molecule has 3 aromatic rings. The molecule has 1 aliphatic heterocycles. The van der Waals surface area contributed by atoms with E-state index < -0.39 is 23.3 Å². The predicted molar refractivity (Wildman–Crippen MR) is 109 cm³/mol. The SMILES string of the molecule is CC(=O)Oc1cc(=O)n(C)c2cc3c(c(C(F)(F)F)c12)SCN3Cc1ccccc1. The first-order chi connectivity index (χ1) is 14.2. The third-order valence-corrected chi connectivity index (χ3v) is 6.03. The average Bonchev–Trinajstić information content (AvgIpc) is 3.06. The van der Waals surface area contributed by atoms with E-state index >= 15 is 0 Å². The highest BCUT2D eigenvalue weighted by Gasteiger charge is 2.41. The second-order valence-corrected chi connectivity index (χ2v) is 7.90. The molecular weight excluding hydrogens is 417 g/mol. The maximum Gasteiger partial charge on any atom is 0.418 e. The van der Waals surface area contributed by atoms with Crippen molar-refractivity contribution in [1.82, 2.24) is 4.57 Å². The van der Waals surface area contributed by atoms with E-state index in [0.717, 1.165) is 34.9 Å². The second kappa shape index (κ2) is 7.39. The number of esters is 1. The van der Waals surface area contributed by atoms with Gasteiger partial charge in [0.05, 0.1) is 28.0 Å². The molecule has 1 aromatic heterocycles. The fourth-order valence-electron chi connectivity index (χ4n) is 3.58. The van der Waals surface area contributed by atoms with Crippen LogP contribution in [0, 0.1) is 0 Å². The minimum Gasteiger partial charge on any atom is -0.426 e. The summed E-state index contributed by atoms with van der Waals surface area (Å²) in [6, 6.07) is 11.9. The molecule has 0 radical (unpaired) electrons. The number of fused-ring (bicyclic) bond motifs is 2. The Morgan fingerprint density at radius 3 is 2.53 bits per heavy atom. The number of alkyl halides is 3. The topological polar surface area (TPSA) is 51.5 Å². The summed E-state index contributed by atoms with van der Waals surface area (Å²) in [5, 5.41) is -0.285. The van der Waals surface area contributed by atoms with Gasteiger partial charge in [0.2, 0.25) is 0 Å². The molecule has 9 heteroatoms. The molecule has 156 valence electrons. The Bertz CT molecular complexity index is 1210. The Morgan fingerprint density at radius 1 is 1.20 bits per heavy atom. The van der Waals surface area contributed by atoms with Crippen molar-refractivity contribution >= 4 is 34.3 Å². The highest BCUT2D eigenvalue weighted by atomic mass is 32.2. The molecule has 5 nitrogen and oxygen atoms in total. The van der Waals surface area contributed by atoms with Gasteiger partial charge in [-0.3, -0.25) is 9.59 Å². The number of nitrogens with zero attached hydrogens (tertiary/aromatic N) is 2. The van der Waals surface area contributed by atoms with Crippen molar-refractivity contribution in [3.05, 3.63) is 63.9 Å². The number of carbonyl (C=O) groups excluding carboxylic acids is 1. The zero-order valence-electron chi connectivity index (χ0n) is 16.1. The van der Waals surface area contributed by atoms with Crippen LogP contribution >= 0.6 is 11.8 Å². The minimum atomic E-state index is -4.70. The smallest absolute Gasteiger partial charge is 0.418 e. The maximum absolute atomic E-state index is 14.2. The average molecular weight is 434 g/mol. The standard InChI is InChI=1S/C21H17F3N2O3S/c1-12(27)29-16-9-17(28)25(2)14-8-15-20(19(18(14)16)21(22,23)24)30-11-26(15)10-13-6-4-3-5-7-13/h3-9H,10-11H2,1-2H3. The monoisotopic (exact) mass is 434 g/mol. The molecule has 0 atom stereocenters. The van der Waals surface area contributed by atoms with Crippen molar-refractivity contribution in [2.75, 3.05) is 10.8 Å². The van der Waals surface area contributed by atoms with E-state index in [-0.39, 0.29) is 21.5 Å². The summed E-state index contributed by atoms with van der Waals surface area (Å²) in [6.45, 7) is 1.52. The molecule has 0 saturated heterocycles. The zero-order valence-corrected chi connectivity index (χ0v) is 16.9. The van der Waals surface area contributed by atoms with E-state index in [1.54, 1.807) is 6.07 Å². The Balaban J connectivity index is 2.00. The van der Waals surface area contributed by atoms with Crippen LogP contribution in [0.1, 0.15) is 18.1 Å². The number of anilines is 1. The second-order valence-electron chi connectivity index (χ2n) is 6.95. The van der Waals surface area contributed by atoms with Gasteiger partial charge >= 0.3 is 12.1 Å². The van der Waals surface area contributed by atoms with E-state index in [1.165, 1.54) is 7.05 Å². The van der Waals surface area contributed by atoms with Crippen molar-refractivity contribution in [3.63, 3.8) is 0 Å². The molecule has 0 saturated carbocycles. The lowest BCUT2D eigenvalue weighted by atomic mass is 10.0. The Kier molecular flexibility index (Phi) is 5.01. The summed E-state index contributed by atoms with van der Waals surface area (Å²) in [5.74, 6) is -0.838. The van der Waals surface area contributed by atoms with Crippen LogP contribution in [0.2, 0.25) is 0 Å². The van der Waals surface area contributed by atoms with Crippen molar-refractivity contribution in [1.29, 1.82) is 0 Å². The van der Waals surface area contributed by atoms with Crippen LogP contribution in [-0.4, -0.2) is 16.4 Å². The lowest BCUT2D eigenvalue weighted by Crippen LogP contribution is -2.22.